The van der Waals surface area contributed by atoms with Crippen molar-refractivity contribution in [2.45, 2.75) is 29.7 Å². The van der Waals surface area contributed by atoms with E-state index in [1.165, 1.54) is 0 Å². The second kappa shape index (κ2) is 6.97. The van der Waals surface area contributed by atoms with Crippen LogP contribution in [0.3, 0.4) is 0 Å². The van der Waals surface area contributed by atoms with Crippen molar-refractivity contribution in [3.8, 4) is 0 Å². The van der Waals surface area contributed by atoms with Gasteiger partial charge in [0.15, 0.2) is 9.84 Å². The Morgan fingerprint density at radius 2 is 2.00 bits per heavy atom. The molecule has 0 aromatic heterocycles. The second-order valence-electron chi connectivity index (χ2n) is 4.69. The molecule has 0 heterocycles. The molecular formula is C12H15NO7S2. The van der Waals surface area contributed by atoms with Gasteiger partial charge in [-0.1, -0.05) is 0 Å². The molecule has 22 heavy (non-hydrogen) atoms. The maximum Gasteiger partial charge on any atom is 0.319 e. The Bertz CT molecular complexity index is 725. The van der Waals surface area contributed by atoms with E-state index in [-0.39, 0.29) is 9.79 Å². The number of sulfone groups is 1. The summed E-state index contributed by atoms with van der Waals surface area (Å²) in [6.07, 6.45) is 0.509. The summed E-state index contributed by atoms with van der Waals surface area (Å²) >= 11 is 0. The summed E-state index contributed by atoms with van der Waals surface area (Å²) in [6, 6.07) is 3.02. The van der Waals surface area contributed by atoms with Crippen LogP contribution in [0.4, 0.5) is 5.69 Å². The van der Waals surface area contributed by atoms with E-state index in [1.807, 2.05) is 0 Å². The predicted octanol–water partition coefficient (Wildman–Crippen LogP) is 1.06. The van der Waals surface area contributed by atoms with Crippen LogP contribution in [0.5, 0.6) is 0 Å². The highest BCUT2D eigenvalue weighted by molar-refractivity contribution is 7.90. The van der Waals surface area contributed by atoms with Crippen LogP contribution < -0.4 is 0 Å². The first kappa shape index (κ1) is 18.2. The molecule has 0 bridgehead atoms. The average molecular weight is 349 g/mol. The first-order valence-electron chi connectivity index (χ1n) is 6.08. The van der Waals surface area contributed by atoms with Crippen molar-refractivity contribution in [2.75, 3.05) is 12.0 Å². The van der Waals surface area contributed by atoms with Crippen molar-refractivity contribution in [1.82, 2.24) is 0 Å². The third kappa shape index (κ3) is 4.88. The fourth-order valence-electron chi connectivity index (χ4n) is 1.54. The molecule has 0 N–H and O–H groups in total. The van der Waals surface area contributed by atoms with E-state index in [0.29, 0.717) is 0 Å². The van der Waals surface area contributed by atoms with Gasteiger partial charge in [-0.25, -0.2) is 8.42 Å². The topological polar surface area (TPSA) is 121 Å². The van der Waals surface area contributed by atoms with Crippen molar-refractivity contribution in [1.29, 1.82) is 0 Å². The molecule has 0 aliphatic rings. The normalized spacial score (nSPS) is 12.9. The van der Waals surface area contributed by atoms with E-state index in [0.717, 1.165) is 24.5 Å². The third-order valence-electron chi connectivity index (χ3n) is 2.42. The van der Waals surface area contributed by atoms with Crippen LogP contribution in [0.2, 0.25) is 0 Å². The number of esters is 1. The van der Waals surface area contributed by atoms with Crippen LogP contribution in [0.25, 0.3) is 0 Å². The smallest absolute Gasteiger partial charge is 0.319 e. The number of ether oxygens (including phenoxy) is 1. The summed E-state index contributed by atoms with van der Waals surface area (Å²) < 4.78 is 39.7. The number of hydrogen-bond donors (Lipinski definition) is 0. The maximum atomic E-state index is 12.1. The number of rotatable bonds is 6. The molecule has 0 aliphatic carbocycles. The van der Waals surface area contributed by atoms with Crippen molar-refractivity contribution in [3.63, 3.8) is 0 Å². The number of benzene rings is 1. The van der Waals surface area contributed by atoms with Gasteiger partial charge in [-0.15, -0.1) is 0 Å². The molecule has 8 nitrogen and oxygen atoms in total. The molecule has 122 valence electrons. The summed E-state index contributed by atoms with van der Waals surface area (Å²) in [4.78, 5) is 21.2. The van der Waals surface area contributed by atoms with Gasteiger partial charge in [0.2, 0.25) is 0 Å². The Morgan fingerprint density at radius 3 is 2.45 bits per heavy atom. The molecule has 1 atom stereocenters. The quantitative estimate of drug-likeness (QED) is 0.427. The van der Waals surface area contributed by atoms with E-state index in [1.54, 1.807) is 13.8 Å². The highest BCUT2D eigenvalue weighted by Crippen LogP contribution is 2.26. The fourth-order valence-corrected chi connectivity index (χ4v) is 3.21. The van der Waals surface area contributed by atoms with Gasteiger partial charge in [-0.05, 0) is 26.0 Å². The van der Waals surface area contributed by atoms with E-state index in [2.05, 4.69) is 0 Å². The molecule has 1 unspecified atom stereocenters. The molecular weight excluding hydrogens is 334 g/mol. The van der Waals surface area contributed by atoms with Gasteiger partial charge in [0.25, 0.3) is 5.69 Å². The zero-order valence-corrected chi connectivity index (χ0v) is 13.8. The Kier molecular flexibility index (Phi) is 5.78. The third-order valence-corrected chi connectivity index (χ3v) is 4.86. The average Bonchev–Trinajstić information content (AvgIpc) is 2.35. The van der Waals surface area contributed by atoms with E-state index in [9.17, 15) is 27.5 Å². The minimum atomic E-state index is -3.64. The highest BCUT2D eigenvalue weighted by atomic mass is 32.2. The van der Waals surface area contributed by atoms with Gasteiger partial charge in [0.1, 0.15) is 10.6 Å². The fraction of sp³-hybridized carbons (Fsp3) is 0.417. The van der Waals surface area contributed by atoms with Gasteiger partial charge in [-0.2, -0.15) is 0 Å². The summed E-state index contributed by atoms with van der Waals surface area (Å²) in [7, 11) is -5.64. The SMILES string of the molecule is CC(C)OC(=O)CS(=O)c1ccc(S(C)(=O)=O)cc1[N+](=O)[O-]. The zero-order valence-electron chi connectivity index (χ0n) is 12.1. The van der Waals surface area contributed by atoms with Crippen LogP contribution in [0.15, 0.2) is 28.0 Å². The Morgan fingerprint density at radius 1 is 1.41 bits per heavy atom. The van der Waals surface area contributed by atoms with Crippen molar-refractivity contribution in [3.05, 3.63) is 28.3 Å². The van der Waals surface area contributed by atoms with E-state index >= 15 is 0 Å². The minimum absolute atomic E-state index is 0.224. The largest absolute Gasteiger partial charge is 0.462 e. The van der Waals surface area contributed by atoms with Gasteiger partial charge in [0.05, 0.1) is 26.7 Å². The molecule has 0 radical (unpaired) electrons. The number of carbonyl (C=O) groups excluding carboxylic acids is 1. The molecule has 0 saturated carbocycles. The summed E-state index contributed by atoms with van der Waals surface area (Å²) in [6.45, 7) is 3.23. The molecule has 1 aromatic carbocycles. The standard InChI is InChI=1S/C12H15NO7S2/c1-8(2)20-12(14)7-21(17)11-5-4-9(22(3,18)19)6-10(11)13(15)16/h4-6,8H,7H2,1-3H3. The Balaban J connectivity index is 3.16. The summed E-state index contributed by atoms with van der Waals surface area (Å²) in [5.74, 6) is -1.30. The lowest BCUT2D eigenvalue weighted by Gasteiger charge is -2.08. The first-order valence-corrected chi connectivity index (χ1v) is 9.29. The maximum absolute atomic E-state index is 12.1. The Labute approximate surface area is 130 Å². The molecule has 1 rings (SSSR count). The van der Waals surface area contributed by atoms with Crippen molar-refractivity contribution in [2.24, 2.45) is 0 Å². The number of carbonyl (C=O) groups is 1. The number of nitro benzene ring substituents is 1. The van der Waals surface area contributed by atoms with E-state index < -0.39 is 49.1 Å². The van der Waals surface area contributed by atoms with Crippen molar-refractivity contribution >= 4 is 32.3 Å². The second-order valence-corrected chi connectivity index (χ2v) is 8.12. The van der Waals surface area contributed by atoms with Gasteiger partial charge in [0, 0.05) is 12.3 Å². The molecule has 0 spiro atoms. The lowest BCUT2D eigenvalue weighted by Crippen LogP contribution is -2.18. The monoisotopic (exact) mass is 349 g/mol. The van der Waals surface area contributed by atoms with Crippen molar-refractivity contribution < 1.29 is 27.1 Å². The minimum Gasteiger partial charge on any atom is -0.462 e. The van der Waals surface area contributed by atoms with Gasteiger partial charge >= 0.3 is 5.97 Å². The lowest BCUT2D eigenvalue weighted by molar-refractivity contribution is -0.388. The summed E-state index contributed by atoms with van der Waals surface area (Å²) in [5, 5.41) is 11.0. The number of nitrogens with zero attached hydrogens (tertiary/aromatic N) is 1. The molecule has 1 aromatic rings. The van der Waals surface area contributed by atoms with Crippen LogP contribution in [-0.2, 0) is 30.2 Å². The zero-order chi connectivity index (χ0) is 17.1. The molecule has 0 fully saturated rings. The first-order chi connectivity index (χ1) is 10.0. The van der Waals surface area contributed by atoms with Crippen LogP contribution in [-0.4, -0.2) is 41.6 Å². The number of hydrogen-bond acceptors (Lipinski definition) is 7. The van der Waals surface area contributed by atoms with E-state index in [4.69, 9.17) is 4.74 Å². The molecule has 0 aliphatic heterocycles. The van der Waals surface area contributed by atoms with Gasteiger partial charge in [-0.3, -0.25) is 19.1 Å². The summed E-state index contributed by atoms with van der Waals surface area (Å²) in [5.41, 5.74) is -0.612. The molecule has 10 heteroatoms. The Hall–Kier alpha value is -1.81. The van der Waals surface area contributed by atoms with Crippen LogP contribution in [0, 0.1) is 10.1 Å². The van der Waals surface area contributed by atoms with Gasteiger partial charge < -0.3 is 4.74 Å². The van der Waals surface area contributed by atoms with Crippen LogP contribution in [0.1, 0.15) is 13.8 Å². The number of nitro groups is 1. The lowest BCUT2D eigenvalue weighted by atomic mass is 10.3. The predicted molar refractivity (Wildman–Crippen MR) is 78.7 cm³/mol. The van der Waals surface area contributed by atoms with Crippen LogP contribution >= 0.6 is 0 Å². The highest BCUT2D eigenvalue weighted by Gasteiger charge is 2.24. The molecule has 0 amide bonds. The molecule has 0 saturated heterocycles.